The Labute approximate surface area is 86.5 Å². The largest absolute Gasteiger partial charge is 0.392 e. The van der Waals surface area contributed by atoms with Crippen molar-refractivity contribution in [2.24, 2.45) is 0 Å². The van der Waals surface area contributed by atoms with Gasteiger partial charge in [0.05, 0.1) is 6.10 Å². The summed E-state index contributed by atoms with van der Waals surface area (Å²) >= 11 is 0. The molecule has 0 bridgehead atoms. The van der Waals surface area contributed by atoms with E-state index in [-0.39, 0.29) is 6.10 Å². The van der Waals surface area contributed by atoms with E-state index in [0.29, 0.717) is 6.04 Å². The molecular weight excluding hydrogens is 176 g/mol. The van der Waals surface area contributed by atoms with Crippen molar-refractivity contribution in [3.05, 3.63) is 0 Å². The van der Waals surface area contributed by atoms with Crippen LogP contribution in [0.1, 0.15) is 32.1 Å². The first-order valence-corrected chi connectivity index (χ1v) is 6.00. The third-order valence-corrected chi connectivity index (χ3v) is 3.51. The van der Waals surface area contributed by atoms with E-state index in [2.05, 4.69) is 10.2 Å². The van der Waals surface area contributed by atoms with Crippen LogP contribution in [0.15, 0.2) is 0 Å². The maximum Gasteiger partial charge on any atom is 0.0693 e. The van der Waals surface area contributed by atoms with Crippen LogP contribution in [0.25, 0.3) is 0 Å². The van der Waals surface area contributed by atoms with Crippen molar-refractivity contribution in [3.8, 4) is 0 Å². The summed E-state index contributed by atoms with van der Waals surface area (Å²) in [6.07, 6.45) is 5.97. The van der Waals surface area contributed by atoms with E-state index in [1.807, 2.05) is 0 Å². The van der Waals surface area contributed by atoms with E-state index in [0.717, 1.165) is 25.9 Å². The highest BCUT2D eigenvalue weighted by Gasteiger charge is 2.24. The molecule has 1 heterocycles. The van der Waals surface area contributed by atoms with Gasteiger partial charge in [0.2, 0.25) is 0 Å². The number of hydrogen-bond donors (Lipinski definition) is 2. The lowest BCUT2D eigenvalue weighted by Crippen LogP contribution is -2.40. The predicted octanol–water partition coefficient (Wildman–Crippen LogP) is 0.585. The van der Waals surface area contributed by atoms with E-state index in [1.54, 1.807) is 0 Å². The molecule has 2 N–H and O–H groups in total. The Morgan fingerprint density at radius 3 is 2.57 bits per heavy atom. The van der Waals surface area contributed by atoms with Gasteiger partial charge in [0, 0.05) is 19.1 Å². The second kappa shape index (κ2) is 5.10. The summed E-state index contributed by atoms with van der Waals surface area (Å²) in [5.41, 5.74) is 0. The van der Waals surface area contributed by atoms with Crippen molar-refractivity contribution in [1.82, 2.24) is 10.2 Å². The van der Waals surface area contributed by atoms with Crippen LogP contribution in [-0.2, 0) is 0 Å². The van der Waals surface area contributed by atoms with Crippen molar-refractivity contribution < 1.29 is 5.11 Å². The van der Waals surface area contributed by atoms with Crippen LogP contribution in [0.3, 0.4) is 0 Å². The normalized spacial score (nSPS) is 34.1. The molecule has 0 radical (unpaired) electrons. The van der Waals surface area contributed by atoms with Crippen LogP contribution < -0.4 is 5.32 Å². The van der Waals surface area contributed by atoms with Crippen LogP contribution in [0.4, 0.5) is 0 Å². The van der Waals surface area contributed by atoms with Crippen molar-refractivity contribution in [2.75, 3.05) is 26.2 Å². The van der Waals surface area contributed by atoms with Gasteiger partial charge in [0.15, 0.2) is 0 Å². The number of hydrogen-bond acceptors (Lipinski definition) is 3. The first kappa shape index (κ1) is 10.4. The van der Waals surface area contributed by atoms with Gasteiger partial charge < -0.3 is 15.3 Å². The van der Waals surface area contributed by atoms with E-state index in [4.69, 9.17) is 0 Å². The van der Waals surface area contributed by atoms with Crippen LogP contribution in [0.5, 0.6) is 0 Å². The zero-order valence-corrected chi connectivity index (χ0v) is 8.91. The standard InChI is InChI=1S/C11H22N2O/c14-11-5-3-4-10(11)12-6-9-13-7-1-2-8-13/h10-12,14H,1-9H2/t10-,11-/m1/s1. The molecule has 0 spiro atoms. The molecule has 14 heavy (non-hydrogen) atoms. The maximum absolute atomic E-state index is 9.60. The van der Waals surface area contributed by atoms with Crippen LogP contribution in [0, 0.1) is 0 Å². The van der Waals surface area contributed by atoms with E-state index < -0.39 is 0 Å². The Hall–Kier alpha value is -0.120. The lowest BCUT2D eigenvalue weighted by atomic mass is 10.2. The second-order valence-corrected chi connectivity index (χ2v) is 4.61. The average molecular weight is 198 g/mol. The number of nitrogens with zero attached hydrogens (tertiary/aromatic N) is 1. The zero-order valence-electron chi connectivity index (χ0n) is 8.91. The van der Waals surface area contributed by atoms with Gasteiger partial charge in [-0.3, -0.25) is 0 Å². The van der Waals surface area contributed by atoms with Gasteiger partial charge in [-0.25, -0.2) is 0 Å². The fourth-order valence-electron chi connectivity index (χ4n) is 2.59. The first-order chi connectivity index (χ1) is 6.86. The molecule has 1 saturated heterocycles. The quantitative estimate of drug-likeness (QED) is 0.694. The van der Waals surface area contributed by atoms with Gasteiger partial charge in [-0.2, -0.15) is 0 Å². The molecule has 2 atom stereocenters. The summed E-state index contributed by atoms with van der Waals surface area (Å²) in [5.74, 6) is 0. The predicted molar refractivity (Wildman–Crippen MR) is 57.3 cm³/mol. The molecule has 1 saturated carbocycles. The van der Waals surface area contributed by atoms with Gasteiger partial charge in [-0.05, 0) is 45.2 Å². The summed E-state index contributed by atoms with van der Waals surface area (Å²) in [7, 11) is 0. The molecule has 0 unspecified atom stereocenters. The molecule has 3 nitrogen and oxygen atoms in total. The monoisotopic (exact) mass is 198 g/mol. The Morgan fingerprint density at radius 1 is 1.14 bits per heavy atom. The van der Waals surface area contributed by atoms with Crippen LogP contribution >= 0.6 is 0 Å². The number of aliphatic hydroxyl groups is 1. The Bertz CT molecular complexity index is 169. The first-order valence-electron chi connectivity index (χ1n) is 6.00. The summed E-state index contributed by atoms with van der Waals surface area (Å²) in [6, 6.07) is 0.373. The van der Waals surface area contributed by atoms with Gasteiger partial charge in [-0.15, -0.1) is 0 Å². The Balaban J connectivity index is 1.57. The van der Waals surface area contributed by atoms with Gasteiger partial charge in [0.25, 0.3) is 0 Å². The highest BCUT2D eigenvalue weighted by Crippen LogP contribution is 2.18. The molecule has 82 valence electrons. The maximum atomic E-state index is 9.60. The Morgan fingerprint density at radius 2 is 1.93 bits per heavy atom. The van der Waals surface area contributed by atoms with Crippen molar-refractivity contribution >= 4 is 0 Å². The Kier molecular flexibility index (Phi) is 3.79. The molecule has 0 amide bonds. The van der Waals surface area contributed by atoms with E-state index in [1.165, 1.54) is 32.4 Å². The minimum atomic E-state index is -0.0893. The molecule has 1 aliphatic heterocycles. The summed E-state index contributed by atoms with van der Waals surface area (Å²) in [6.45, 7) is 4.74. The molecule has 2 aliphatic rings. The molecule has 0 aromatic heterocycles. The number of rotatable bonds is 4. The van der Waals surface area contributed by atoms with Crippen molar-refractivity contribution in [3.63, 3.8) is 0 Å². The highest BCUT2D eigenvalue weighted by molar-refractivity contribution is 4.82. The molecule has 2 fully saturated rings. The summed E-state index contributed by atoms with van der Waals surface area (Å²) in [4.78, 5) is 2.51. The topological polar surface area (TPSA) is 35.5 Å². The van der Waals surface area contributed by atoms with Gasteiger partial charge >= 0.3 is 0 Å². The van der Waals surface area contributed by atoms with Gasteiger partial charge in [0.1, 0.15) is 0 Å². The lowest BCUT2D eigenvalue weighted by molar-refractivity contribution is 0.147. The number of aliphatic hydroxyl groups excluding tert-OH is 1. The fraction of sp³-hybridized carbons (Fsp3) is 1.00. The highest BCUT2D eigenvalue weighted by atomic mass is 16.3. The number of nitrogens with one attached hydrogen (secondary N) is 1. The summed E-state index contributed by atoms with van der Waals surface area (Å²) < 4.78 is 0. The SMILES string of the molecule is O[C@@H]1CCC[C@H]1NCCN1CCCC1. The minimum Gasteiger partial charge on any atom is -0.392 e. The molecule has 3 heteroatoms. The average Bonchev–Trinajstić information content (AvgIpc) is 2.78. The second-order valence-electron chi connectivity index (χ2n) is 4.61. The third kappa shape index (κ3) is 2.69. The molecule has 0 aromatic carbocycles. The smallest absolute Gasteiger partial charge is 0.0693 e. The van der Waals surface area contributed by atoms with Crippen molar-refractivity contribution in [1.29, 1.82) is 0 Å². The number of likely N-dealkylation sites (tertiary alicyclic amines) is 1. The summed E-state index contributed by atoms with van der Waals surface area (Å²) in [5, 5.41) is 13.1. The van der Waals surface area contributed by atoms with Gasteiger partial charge in [-0.1, -0.05) is 0 Å². The van der Waals surface area contributed by atoms with E-state index >= 15 is 0 Å². The van der Waals surface area contributed by atoms with Crippen LogP contribution in [0.2, 0.25) is 0 Å². The molecular formula is C11H22N2O. The van der Waals surface area contributed by atoms with Crippen molar-refractivity contribution in [2.45, 2.75) is 44.2 Å². The third-order valence-electron chi connectivity index (χ3n) is 3.51. The van der Waals surface area contributed by atoms with E-state index in [9.17, 15) is 5.11 Å². The lowest BCUT2D eigenvalue weighted by Gasteiger charge is -2.19. The fourth-order valence-corrected chi connectivity index (χ4v) is 2.59. The zero-order chi connectivity index (χ0) is 9.80. The molecule has 0 aromatic rings. The minimum absolute atomic E-state index is 0.0893. The molecule has 1 aliphatic carbocycles. The molecule has 2 rings (SSSR count). The van der Waals surface area contributed by atoms with Crippen LogP contribution in [-0.4, -0.2) is 48.3 Å².